The minimum absolute atomic E-state index is 0.707. The van der Waals surface area contributed by atoms with Crippen LogP contribution in [0.1, 0.15) is 5.69 Å². The molecule has 0 amide bonds. The summed E-state index contributed by atoms with van der Waals surface area (Å²) in [6, 6.07) is 17.5. The number of rotatable bonds is 5. The monoisotopic (exact) mass is 510 g/mol. The maximum Gasteiger partial charge on any atom is 0.180 e. The summed E-state index contributed by atoms with van der Waals surface area (Å²) in [4.78, 5) is 9.11. The first-order valence-electron chi connectivity index (χ1n) is 9.46. The molecule has 30 heavy (non-hydrogen) atoms. The number of anilines is 2. The van der Waals surface area contributed by atoms with E-state index in [-0.39, 0.29) is 0 Å². The number of nitrogens with one attached hydrogen (secondary N) is 1. The molecule has 0 aliphatic carbocycles. The highest BCUT2D eigenvalue weighted by atomic mass is 127. The van der Waals surface area contributed by atoms with Gasteiger partial charge in [0.1, 0.15) is 11.5 Å². The van der Waals surface area contributed by atoms with Gasteiger partial charge in [0.15, 0.2) is 11.5 Å². The van der Waals surface area contributed by atoms with Crippen LogP contribution < -0.4 is 10.1 Å². The first kappa shape index (κ1) is 18.9. The summed E-state index contributed by atoms with van der Waals surface area (Å²) in [7, 11) is 2.03. The van der Waals surface area contributed by atoms with Gasteiger partial charge in [-0.15, -0.1) is 0 Å². The van der Waals surface area contributed by atoms with Gasteiger partial charge in [0.25, 0.3) is 0 Å². The molecule has 0 fully saturated rings. The Bertz CT molecular complexity index is 1210. The first-order valence-corrected chi connectivity index (χ1v) is 10.4. The van der Waals surface area contributed by atoms with Crippen LogP contribution in [-0.4, -0.2) is 36.2 Å². The molecule has 1 aliphatic rings. The molecule has 0 radical (unpaired) electrons. The van der Waals surface area contributed by atoms with Crippen molar-refractivity contribution in [2.45, 2.75) is 0 Å². The highest BCUT2D eigenvalue weighted by Gasteiger charge is 2.21. The summed E-state index contributed by atoms with van der Waals surface area (Å²) < 4.78 is 10.0. The molecule has 7 nitrogen and oxygen atoms in total. The molecule has 0 bridgehead atoms. The van der Waals surface area contributed by atoms with Gasteiger partial charge in [-0.2, -0.15) is 3.22 Å². The van der Waals surface area contributed by atoms with E-state index in [1.807, 2.05) is 74.0 Å². The maximum atomic E-state index is 5.86. The van der Waals surface area contributed by atoms with E-state index < -0.39 is 0 Å². The van der Waals surface area contributed by atoms with Gasteiger partial charge in [-0.25, -0.2) is 9.97 Å². The van der Waals surface area contributed by atoms with Gasteiger partial charge in [-0.3, -0.25) is 4.40 Å². The topological polar surface area (TPSA) is 57.9 Å². The number of hydrazine groups is 1. The van der Waals surface area contributed by atoms with E-state index in [1.165, 1.54) is 5.57 Å². The number of nitrogens with zero attached hydrogens (tertiary/aromatic N) is 5. The predicted molar refractivity (Wildman–Crippen MR) is 126 cm³/mol. The van der Waals surface area contributed by atoms with Crippen LogP contribution in [0.4, 0.5) is 11.5 Å². The van der Waals surface area contributed by atoms with Crippen molar-refractivity contribution in [3.8, 4) is 11.5 Å². The van der Waals surface area contributed by atoms with Gasteiger partial charge >= 0.3 is 0 Å². The molecule has 4 aromatic rings. The fourth-order valence-electron chi connectivity index (χ4n) is 3.34. The van der Waals surface area contributed by atoms with Gasteiger partial charge in [-0.05, 0) is 36.4 Å². The van der Waals surface area contributed by atoms with E-state index in [0.29, 0.717) is 5.82 Å². The molecule has 1 N–H and O–H groups in total. The Morgan fingerprint density at radius 3 is 2.50 bits per heavy atom. The standard InChI is InChI=1S/C22H19IN6O/c1-27-14-16(15-29(27)23)20-13-25-22-21(24-11-12-28(20)22)26-17-7-9-19(10-8-17)30-18-5-3-2-4-6-18/h2-14H,15H2,1H3,(H,24,26). The molecule has 3 heterocycles. The summed E-state index contributed by atoms with van der Waals surface area (Å²) in [5, 5.41) is 5.43. The second kappa shape index (κ2) is 7.96. The minimum atomic E-state index is 0.707. The Balaban J connectivity index is 1.38. The van der Waals surface area contributed by atoms with Crippen molar-refractivity contribution >= 4 is 45.6 Å². The van der Waals surface area contributed by atoms with Gasteiger partial charge in [0, 0.05) is 59.8 Å². The third-order valence-electron chi connectivity index (χ3n) is 4.84. The van der Waals surface area contributed by atoms with Crippen molar-refractivity contribution in [2.75, 3.05) is 18.9 Å². The molecule has 0 saturated carbocycles. The summed E-state index contributed by atoms with van der Waals surface area (Å²) >= 11 is 2.30. The minimum Gasteiger partial charge on any atom is -0.457 e. The highest BCUT2D eigenvalue weighted by molar-refractivity contribution is 14.1. The van der Waals surface area contributed by atoms with E-state index in [1.54, 1.807) is 6.20 Å². The number of hydrogen-bond donors (Lipinski definition) is 1. The SMILES string of the molecule is CN1C=C(c2cnc3c(Nc4ccc(Oc5ccccc5)cc4)nccn23)CN1I. The van der Waals surface area contributed by atoms with Crippen molar-refractivity contribution in [3.05, 3.63) is 85.1 Å². The van der Waals surface area contributed by atoms with E-state index in [9.17, 15) is 0 Å². The second-order valence-corrected chi connectivity index (χ2v) is 8.01. The molecule has 150 valence electrons. The number of ether oxygens (including phenoxy) is 1. The predicted octanol–water partition coefficient (Wildman–Crippen LogP) is 5.12. The number of para-hydroxylation sites is 1. The van der Waals surface area contributed by atoms with Crippen LogP contribution in [0.2, 0.25) is 0 Å². The molecular formula is C22H19IN6O. The fourth-order valence-corrected chi connectivity index (χ4v) is 3.83. The van der Waals surface area contributed by atoms with Gasteiger partial charge in [-0.1, -0.05) is 18.2 Å². The summed E-state index contributed by atoms with van der Waals surface area (Å²) in [5.74, 6) is 2.30. The quantitative estimate of drug-likeness (QED) is 0.297. The zero-order chi connectivity index (χ0) is 20.5. The van der Waals surface area contributed by atoms with Crippen molar-refractivity contribution in [1.82, 2.24) is 22.6 Å². The lowest BCUT2D eigenvalue weighted by Gasteiger charge is -2.15. The molecule has 1 aliphatic heterocycles. The largest absolute Gasteiger partial charge is 0.457 e. The van der Waals surface area contributed by atoms with Crippen molar-refractivity contribution < 1.29 is 4.74 Å². The molecule has 0 unspecified atom stereocenters. The number of fused-ring (bicyclic) bond motifs is 1. The average molecular weight is 510 g/mol. The lowest BCUT2D eigenvalue weighted by molar-refractivity contribution is 0.242. The average Bonchev–Trinajstić information content (AvgIpc) is 3.34. The van der Waals surface area contributed by atoms with Crippen molar-refractivity contribution in [3.63, 3.8) is 0 Å². The highest BCUT2D eigenvalue weighted by Crippen LogP contribution is 2.29. The molecule has 0 spiro atoms. The van der Waals surface area contributed by atoms with Gasteiger partial charge < -0.3 is 15.1 Å². The van der Waals surface area contributed by atoms with Crippen LogP contribution in [0, 0.1) is 0 Å². The smallest absolute Gasteiger partial charge is 0.180 e. The van der Waals surface area contributed by atoms with E-state index in [4.69, 9.17) is 4.74 Å². The summed E-state index contributed by atoms with van der Waals surface area (Å²) in [6.45, 7) is 0.832. The van der Waals surface area contributed by atoms with Crippen LogP contribution in [0.5, 0.6) is 11.5 Å². The van der Waals surface area contributed by atoms with Crippen LogP contribution in [0.25, 0.3) is 11.2 Å². The van der Waals surface area contributed by atoms with Crippen molar-refractivity contribution in [1.29, 1.82) is 0 Å². The van der Waals surface area contributed by atoms with Crippen LogP contribution >= 0.6 is 22.9 Å². The molecule has 8 heteroatoms. The Labute approximate surface area is 188 Å². The van der Waals surface area contributed by atoms with Gasteiger partial charge in [0.05, 0.1) is 18.4 Å². The lowest BCUT2D eigenvalue weighted by Crippen LogP contribution is -2.21. The Morgan fingerprint density at radius 2 is 1.77 bits per heavy atom. The summed E-state index contributed by atoms with van der Waals surface area (Å²) in [6.07, 6.45) is 7.74. The molecule has 2 aromatic carbocycles. The number of halogens is 1. The van der Waals surface area contributed by atoms with E-state index >= 15 is 0 Å². The van der Waals surface area contributed by atoms with Gasteiger partial charge in [0.2, 0.25) is 0 Å². The molecular weight excluding hydrogens is 491 g/mol. The first-order chi connectivity index (χ1) is 14.7. The lowest BCUT2D eigenvalue weighted by atomic mass is 10.2. The van der Waals surface area contributed by atoms with E-state index in [2.05, 4.69) is 57.0 Å². The third kappa shape index (κ3) is 3.71. The molecule has 2 aromatic heterocycles. The molecule has 0 saturated heterocycles. The molecule has 5 rings (SSSR count). The Kier molecular flexibility index (Phi) is 5.01. The number of aromatic nitrogens is 3. The summed E-state index contributed by atoms with van der Waals surface area (Å²) in [5.41, 5.74) is 3.97. The van der Waals surface area contributed by atoms with Crippen molar-refractivity contribution in [2.24, 2.45) is 0 Å². The fraction of sp³-hybridized carbons (Fsp3) is 0.0909. The third-order valence-corrected chi connectivity index (χ3v) is 5.86. The van der Waals surface area contributed by atoms with Crippen LogP contribution in [0.3, 0.4) is 0 Å². The number of hydrogen-bond acceptors (Lipinski definition) is 6. The zero-order valence-corrected chi connectivity index (χ0v) is 18.4. The van der Waals surface area contributed by atoms with Crippen LogP contribution in [0.15, 0.2) is 79.4 Å². The maximum absolute atomic E-state index is 5.86. The Hall–Kier alpha value is -3.11. The Morgan fingerprint density at radius 1 is 1.00 bits per heavy atom. The second-order valence-electron chi connectivity index (χ2n) is 6.90. The number of benzene rings is 2. The normalized spacial score (nSPS) is 14.2. The zero-order valence-electron chi connectivity index (χ0n) is 16.2. The number of imidazole rings is 1. The van der Waals surface area contributed by atoms with Crippen LogP contribution in [-0.2, 0) is 0 Å². The van der Waals surface area contributed by atoms with E-state index in [0.717, 1.165) is 35.1 Å². The molecule has 0 atom stereocenters.